The summed E-state index contributed by atoms with van der Waals surface area (Å²) < 4.78 is 1.23. The van der Waals surface area contributed by atoms with Crippen molar-refractivity contribution in [3.05, 3.63) is 28.1 Å². The molecular formula is C13H13N3O4S. The molecule has 0 bridgehead atoms. The minimum atomic E-state index is -0.888. The van der Waals surface area contributed by atoms with E-state index >= 15 is 0 Å². The van der Waals surface area contributed by atoms with E-state index in [4.69, 9.17) is 5.11 Å². The second-order valence-electron chi connectivity index (χ2n) is 5.18. The molecule has 2 N–H and O–H groups in total. The van der Waals surface area contributed by atoms with Gasteiger partial charge in [0.05, 0.1) is 17.1 Å². The number of hydrogen-bond donors (Lipinski definition) is 2. The van der Waals surface area contributed by atoms with Crippen LogP contribution in [0.5, 0.6) is 0 Å². The molecule has 8 heteroatoms. The van der Waals surface area contributed by atoms with Gasteiger partial charge in [0.1, 0.15) is 11.4 Å². The zero-order chi connectivity index (χ0) is 15.0. The van der Waals surface area contributed by atoms with Crippen molar-refractivity contribution in [3.8, 4) is 0 Å². The summed E-state index contributed by atoms with van der Waals surface area (Å²) >= 11 is 1.36. The molecule has 2 heterocycles. The van der Waals surface area contributed by atoms with Gasteiger partial charge in [-0.05, 0) is 24.3 Å². The van der Waals surface area contributed by atoms with Gasteiger partial charge in [0.15, 0.2) is 0 Å². The van der Waals surface area contributed by atoms with E-state index in [2.05, 4.69) is 10.3 Å². The van der Waals surface area contributed by atoms with Gasteiger partial charge in [-0.2, -0.15) is 0 Å². The smallest absolute Gasteiger partial charge is 0.311 e. The second kappa shape index (κ2) is 4.96. The molecule has 0 saturated heterocycles. The first-order valence-corrected chi connectivity index (χ1v) is 7.33. The molecule has 0 atom stereocenters. The first-order chi connectivity index (χ1) is 10.0. The van der Waals surface area contributed by atoms with Gasteiger partial charge in [0.2, 0.25) is 5.91 Å². The molecule has 0 unspecified atom stereocenters. The predicted octanol–water partition coefficient (Wildman–Crippen LogP) is 0.439. The number of carboxylic acid groups (broad SMARTS) is 1. The molecule has 1 fully saturated rings. The molecule has 3 rings (SSSR count). The van der Waals surface area contributed by atoms with Crippen LogP contribution < -0.4 is 10.9 Å². The molecule has 110 valence electrons. The molecular weight excluding hydrogens is 294 g/mol. The van der Waals surface area contributed by atoms with Crippen LogP contribution in [0.2, 0.25) is 0 Å². The number of nitrogens with one attached hydrogen (secondary N) is 1. The number of carboxylic acids is 1. The lowest BCUT2D eigenvalue weighted by molar-refractivity contribution is -0.143. The van der Waals surface area contributed by atoms with Gasteiger partial charge in [-0.3, -0.25) is 19.0 Å². The van der Waals surface area contributed by atoms with Crippen LogP contribution >= 0.6 is 11.3 Å². The highest BCUT2D eigenvalue weighted by Crippen LogP contribution is 2.45. The van der Waals surface area contributed by atoms with Crippen LogP contribution in [-0.2, 0) is 16.1 Å². The highest BCUT2D eigenvalue weighted by molar-refractivity contribution is 7.16. The Morgan fingerprint density at radius 2 is 2.24 bits per heavy atom. The van der Waals surface area contributed by atoms with Gasteiger partial charge in [-0.15, -0.1) is 11.3 Å². The van der Waals surface area contributed by atoms with Crippen molar-refractivity contribution in [1.29, 1.82) is 0 Å². The van der Waals surface area contributed by atoms with Gasteiger partial charge in [-0.1, -0.05) is 0 Å². The molecule has 2 aromatic heterocycles. The minimum Gasteiger partial charge on any atom is -0.481 e. The third kappa shape index (κ3) is 2.54. The lowest BCUT2D eigenvalue weighted by Gasteiger charge is -2.11. The van der Waals surface area contributed by atoms with Gasteiger partial charge in [0, 0.05) is 6.54 Å². The fourth-order valence-corrected chi connectivity index (χ4v) is 2.82. The average molecular weight is 307 g/mol. The molecule has 1 aliphatic rings. The van der Waals surface area contributed by atoms with Crippen LogP contribution in [0, 0.1) is 5.41 Å². The minimum absolute atomic E-state index is 0.101. The van der Waals surface area contributed by atoms with Crippen molar-refractivity contribution >= 4 is 33.4 Å². The molecule has 0 aliphatic heterocycles. The van der Waals surface area contributed by atoms with Crippen LogP contribution in [-0.4, -0.2) is 33.1 Å². The zero-order valence-corrected chi connectivity index (χ0v) is 11.9. The summed E-state index contributed by atoms with van der Waals surface area (Å²) in [5.41, 5.74) is -1.08. The topological polar surface area (TPSA) is 101 Å². The predicted molar refractivity (Wildman–Crippen MR) is 76.2 cm³/mol. The molecule has 1 aliphatic carbocycles. The van der Waals surface area contributed by atoms with E-state index in [0.717, 1.165) is 0 Å². The summed E-state index contributed by atoms with van der Waals surface area (Å²) in [6.45, 7) is -0.0582. The number of nitrogens with zero attached hydrogens (tertiary/aromatic N) is 2. The Kier molecular flexibility index (Phi) is 3.25. The summed E-state index contributed by atoms with van der Waals surface area (Å²) in [5.74, 6) is -1.28. The summed E-state index contributed by atoms with van der Waals surface area (Å²) in [5, 5.41) is 13.9. The summed E-state index contributed by atoms with van der Waals surface area (Å²) in [6.07, 6.45) is 2.49. The first-order valence-electron chi connectivity index (χ1n) is 6.45. The second-order valence-corrected chi connectivity index (χ2v) is 6.07. The molecule has 21 heavy (non-hydrogen) atoms. The van der Waals surface area contributed by atoms with Crippen molar-refractivity contribution in [1.82, 2.24) is 14.9 Å². The van der Waals surface area contributed by atoms with Crippen molar-refractivity contribution < 1.29 is 14.7 Å². The molecule has 2 aromatic rings. The Morgan fingerprint density at radius 1 is 1.48 bits per heavy atom. The maximum Gasteiger partial charge on any atom is 0.311 e. The van der Waals surface area contributed by atoms with Crippen molar-refractivity contribution in [3.63, 3.8) is 0 Å². The zero-order valence-electron chi connectivity index (χ0n) is 11.0. The fourth-order valence-electron chi connectivity index (χ4n) is 2.10. The Bertz CT molecular complexity index is 775. The van der Waals surface area contributed by atoms with Crippen LogP contribution in [0.4, 0.5) is 0 Å². The lowest BCUT2D eigenvalue weighted by atomic mass is 10.1. The average Bonchev–Trinajstić information content (AvgIpc) is 3.10. The van der Waals surface area contributed by atoms with E-state index in [1.54, 1.807) is 11.4 Å². The number of aliphatic carboxylic acids is 1. The van der Waals surface area contributed by atoms with E-state index in [1.165, 1.54) is 22.2 Å². The quantitative estimate of drug-likeness (QED) is 0.834. The van der Waals surface area contributed by atoms with Crippen molar-refractivity contribution in [2.24, 2.45) is 5.41 Å². The molecule has 0 radical (unpaired) electrons. The normalized spacial score (nSPS) is 15.8. The van der Waals surface area contributed by atoms with E-state index < -0.39 is 11.4 Å². The maximum absolute atomic E-state index is 12.1. The molecule has 0 aromatic carbocycles. The van der Waals surface area contributed by atoms with Crippen LogP contribution in [0.1, 0.15) is 12.8 Å². The number of thiophene rings is 1. The monoisotopic (exact) mass is 307 g/mol. The molecule has 7 nitrogen and oxygen atoms in total. The van der Waals surface area contributed by atoms with Crippen molar-refractivity contribution in [2.45, 2.75) is 19.4 Å². The van der Waals surface area contributed by atoms with Gasteiger partial charge < -0.3 is 10.4 Å². The first kappa shape index (κ1) is 13.7. The Balaban J connectivity index is 1.68. The van der Waals surface area contributed by atoms with E-state index in [1.807, 2.05) is 0 Å². The summed E-state index contributed by atoms with van der Waals surface area (Å²) in [4.78, 5) is 39.7. The number of hydrogen-bond acceptors (Lipinski definition) is 5. The lowest BCUT2D eigenvalue weighted by Crippen LogP contribution is -2.37. The van der Waals surface area contributed by atoms with Gasteiger partial charge in [0.25, 0.3) is 5.56 Å². The largest absolute Gasteiger partial charge is 0.481 e. The third-order valence-corrected chi connectivity index (χ3v) is 4.52. The number of fused-ring (bicyclic) bond motifs is 1. The van der Waals surface area contributed by atoms with Gasteiger partial charge >= 0.3 is 5.97 Å². The molecule has 1 amide bonds. The van der Waals surface area contributed by atoms with Crippen LogP contribution in [0.3, 0.4) is 0 Å². The highest BCUT2D eigenvalue weighted by Gasteiger charge is 2.50. The van der Waals surface area contributed by atoms with E-state index in [9.17, 15) is 14.4 Å². The number of rotatable bonds is 5. The maximum atomic E-state index is 12.1. The van der Waals surface area contributed by atoms with Gasteiger partial charge in [-0.25, -0.2) is 4.98 Å². The standard InChI is InChI=1S/C13H13N3O4S/c17-9(14-6-13(2-3-13)12(19)20)5-16-7-15-10-8(11(16)18)1-4-21-10/h1,4,7H,2-3,5-6H2,(H,14,17)(H,19,20). The fraction of sp³-hybridized carbons (Fsp3) is 0.385. The van der Waals surface area contributed by atoms with E-state index in [0.29, 0.717) is 23.1 Å². The molecule has 0 spiro atoms. The third-order valence-electron chi connectivity index (χ3n) is 3.70. The van der Waals surface area contributed by atoms with Crippen LogP contribution in [0.25, 0.3) is 10.2 Å². The van der Waals surface area contributed by atoms with E-state index in [-0.39, 0.29) is 24.6 Å². The number of amides is 1. The van der Waals surface area contributed by atoms with Crippen molar-refractivity contribution in [2.75, 3.05) is 6.54 Å². The molecule has 1 saturated carbocycles. The Hall–Kier alpha value is -2.22. The highest BCUT2D eigenvalue weighted by atomic mass is 32.1. The summed E-state index contributed by atoms with van der Waals surface area (Å²) in [6, 6.07) is 1.67. The van der Waals surface area contributed by atoms with Crippen LogP contribution in [0.15, 0.2) is 22.6 Å². The number of carbonyl (C=O) groups is 2. The number of aromatic nitrogens is 2. The summed E-state index contributed by atoms with van der Waals surface area (Å²) in [7, 11) is 0. The SMILES string of the molecule is O=C(Cn1cnc2sccc2c1=O)NCC1(C(=O)O)CC1. The Morgan fingerprint density at radius 3 is 2.90 bits per heavy atom. The number of carbonyl (C=O) groups excluding carboxylic acids is 1. The Labute approximate surface area is 123 Å².